The van der Waals surface area contributed by atoms with Gasteiger partial charge in [0, 0.05) is 42.0 Å². The molecule has 38 heavy (non-hydrogen) atoms. The molecule has 0 amide bonds. The molecule has 1 aromatic carbocycles. The Hall–Kier alpha value is -2.92. The minimum Gasteiger partial charge on any atom is -0.401 e. The number of fused-ring (bicyclic) bond motifs is 1. The number of likely N-dealkylation sites (N-methyl/N-ethyl adjacent to an activating group) is 1. The fourth-order valence-corrected chi connectivity index (χ4v) is 4.71. The van der Waals surface area contributed by atoms with Crippen molar-refractivity contribution in [2.75, 3.05) is 33.7 Å². The monoisotopic (exact) mass is 563 g/mol. The summed E-state index contributed by atoms with van der Waals surface area (Å²) < 4.78 is 17.1. The van der Waals surface area contributed by atoms with E-state index in [0.29, 0.717) is 23.3 Å². The van der Waals surface area contributed by atoms with E-state index < -0.39 is 17.6 Å². The van der Waals surface area contributed by atoms with E-state index in [1.807, 2.05) is 31.9 Å². The molecule has 0 spiro atoms. The number of hydrogen-bond acceptors (Lipinski definition) is 6. The maximum atomic E-state index is 14.1. The largest absolute Gasteiger partial charge is 0.401 e. The number of halogens is 3. The van der Waals surface area contributed by atoms with Crippen LogP contribution in [0.25, 0.3) is 22.4 Å². The van der Waals surface area contributed by atoms with Gasteiger partial charge in [-0.3, -0.25) is 9.67 Å². The van der Waals surface area contributed by atoms with Crippen molar-refractivity contribution in [1.29, 1.82) is 0 Å². The molecule has 1 atom stereocenters. The van der Waals surface area contributed by atoms with Gasteiger partial charge in [0.05, 0.1) is 22.5 Å². The Bertz CT molecular complexity index is 1480. The average Bonchev–Trinajstić information content (AvgIpc) is 3.49. The van der Waals surface area contributed by atoms with E-state index in [1.54, 1.807) is 18.3 Å². The number of pyridine rings is 1. The van der Waals surface area contributed by atoms with E-state index in [1.165, 1.54) is 12.1 Å². The van der Waals surface area contributed by atoms with Gasteiger partial charge in [-0.05, 0) is 58.6 Å². The Balaban J connectivity index is 1.57. The Morgan fingerprint density at radius 3 is 2.71 bits per heavy atom. The van der Waals surface area contributed by atoms with Gasteiger partial charge in [-0.1, -0.05) is 30.1 Å². The molecular formula is C26H32Cl2FN7O2. The zero-order valence-corrected chi connectivity index (χ0v) is 23.6. The lowest BCUT2D eigenvalue weighted by molar-refractivity contribution is 0.0350. The topological polar surface area (TPSA) is 93.0 Å². The first-order valence-corrected chi connectivity index (χ1v) is 13.1. The van der Waals surface area contributed by atoms with Gasteiger partial charge in [0.15, 0.2) is 11.8 Å². The van der Waals surface area contributed by atoms with Crippen LogP contribution in [0.4, 0.5) is 4.39 Å². The summed E-state index contributed by atoms with van der Waals surface area (Å²) in [5, 5.41) is 8.15. The second-order valence-corrected chi connectivity index (χ2v) is 10.8. The van der Waals surface area contributed by atoms with Crippen LogP contribution in [0, 0.1) is 5.82 Å². The quantitative estimate of drug-likeness (QED) is 0.206. The van der Waals surface area contributed by atoms with E-state index in [2.05, 4.69) is 39.1 Å². The zero-order valence-electron chi connectivity index (χ0n) is 22.1. The number of nitrogens with one attached hydrogen (secondary N) is 2. The molecule has 3 heterocycles. The van der Waals surface area contributed by atoms with Gasteiger partial charge in [-0.15, -0.1) is 4.73 Å². The molecule has 0 saturated heterocycles. The molecule has 3 aromatic heterocycles. The number of H-pyrrole nitrogens is 1. The Kier molecular flexibility index (Phi) is 8.46. The third-order valence-electron chi connectivity index (χ3n) is 6.30. The SMILES string of the molecule is CCC(On1c(=O)[nH]c2nc(-c3cnn(C(C)(C)CNCCN(C)C)c3)ccc21)c1c(Cl)ccc(F)c1Cl. The van der Waals surface area contributed by atoms with Gasteiger partial charge < -0.3 is 15.1 Å². The maximum Gasteiger partial charge on any atom is 0.360 e. The summed E-state index contributed by atoms with van der Waals surface area (Å²) in [6.07, 6.45) is 3.33. The molecule has 0 aliphatic heterocycles. The molecule has 9 nitrogen and oxygen atoms in total. The number of imidazole rings is 1. The molecule has 4 aromatic rings. The first-order valence-electron chi connectivity index (χ1n) is 12.3. The third-order valence-corrected chi connectivity index (χ3v) is 7.01. The van der Waals surface area contributed by atoms with Crippen LogP contribution in [0.2, 0.25) is 10.0 Å². The van der Waals surface area contributed by atoms with Gasteiger partial charge >= 0.3 is 5.69 Å². The molecule has 0 aliphatic rings. The first-order chi connectivity index (χ1) is 18.0. The smallest absolute Gasteiger partial charge is 0.360 e. The fourth-order valence-electron chi connectivity index (χ4n) is 4.10. The van der Waals surface area contributed by atoms with E-state index in [0.717, 1.165) is 29.9 Å². The van der Waals surface area contributed by atoms with Crippen molar-refractivity contribution in [2.45, 2.75) is 38.8 Å². The molecule has 2 N–H and O–H groups in total. The average molecular weight is 564 g/mol. The molecule has 0 aliphatic carbocycles. The second kappa shape index (κ2) is 11.4. The highest BCUT2D eigenvalue weighted by atomic mass is 35.5. The molecule has 0 radical (unpaired) electrons. The van der Waals surface area contributed by atoms with Crippen LogP contribution in [0.1, 0.15) is 38.9 Å². The highest BCUT2D eigenvalue weighted by Gasteiger charge is 2.24. The molecule has 4 rings (SSSR count). The van der Waals surface area contributed by atoms with Crippen molar-refractivity contribution >= 4 is 34.4 Å². The summed E-state index contributed by atoms with van der Waals surface area (Å²) in [5.41, 5.74) is 1.74. The van der Waals surface area contributed by atoms with Gasteiger partial charge in [-0.25, -0.2) is 14.2 Å². The van der Waals surface area contributed by atoms with Crippen LogP contribution >= 0.6 is 23.2 Å². The highest BCUT2D eigenvalue weighted by Crippen LogP contribution is 2.35. The lowest BCUT2D eigenvalue weighted by atomic mass is 10.1. The zero-order chi connectivity index (χ0) is 27.6. The Morgan fingerprint density at radius 1 is 1.24 bits per heavy atom. The fraction of sp³-hybridized carbons (Fsp3) is 0.423. The molecule has 12 heteroatoms. The molecule has 0 saturated carbocycles. The Labute approximate surface area is 230 Å². The van der Waals surface area contributed by atoms with E-state index in [4.69, 9.17) is 28.0 Å². The maximum absolute atomic E-state index is 14.1. The van der Waals surface area contributed by atoms with Gasteiger partial charge in [0.25, 0.3) is 0 Å². The molecular weight excluding hydrogens is 532 g/mol. The lowest BCUT2D eigenvalue weighted by Crippen LogP contribution is -2.40. The van der Waals surface area contributed by atoms with Crippen molar-refractivity contribution < 1.29 is 9.23 Å². The van der Waals surface area contributed by atoms with Crippen molar-refractivity contribution in [3.63, 3.8) is 0 Å². The Morgan fingerprint density at radius 2 is 2.00 bits per heavy atom. The predicted molar refractivity (Wildman–Crippen MR) is 148 cm³/mol. The molecule has 1 unspecified atom stereocenters. The van der Waals surface area contributed by atoms with Crippen LogP contribution in [-0.4, -0.2) is 63.1 Å². The summed E-state index contributed by atoms with van der Waals surface area (Å²) in [7, 11) is 4.09. The number of rotatable bonds is 11. The van der Waals surface area contributed by atoms with Gasteiger partial charge in [-0.2, -0.15) is 5.10 Å². The highest BCUT2D eigenvalue weighted by molar-refractivity contribution is 6.36. The van der Waals surface area contributed by atoms with Crippen LogP contribution < -0.4 is 15.8 Å². The van der Waals surface area contributed by atoms with Crippen LogP contribution in [0.3, 0.4) is 0 Å². The number of nitrogens with zero attached hydrogens (tertiary/aromatic N) is 5. The number of aromatic amines is 1. The van der Waals surface area contributed by atoms with E-state index in [9.17, 15) is 9.18 Å². The summed E-state index contributed by atoms with van der Waals surface area (Å²) in [6.45, 7) is 8.63. The predicted octanol–water partition coefficient (Wildman–Crippen LogP) is 4.50. The van der Waals surface area contributed by atoms with E-state index in [-0.39, 0.29) is 21.1 Å². The van der Waals surface area contributed by atoms with Crippen molar-refractivity contribution in [2.24, 2.45) is 0 Å². The molecule has 204 valence electrons. The van der Waals surface area contributed by atoms with Gasteiger partial charge in [0.1, 0.15) is 11.3 Å². The molecule has 0 fully saturated rings. The summed E-state index contributed by atoms with van der Waals surface area (Å²) in [6, 6.07) is 6.14. The van der Waals surface area contributed by atoms with E-state index >= 15 is 0 Å². The van der Waals surface area contributed by atoms with Crippen LogP contribution in [0.15, 0.2) is 41.5 Å². The molecule has 0 bridgehead atoms. The minimum absolute atomic E-state index is 0.134. The third kappa shape index (κ3) is 5.88. The second-order valence-electron chi connectivity index (χ2n) is 10.0. The minimum atomic E-state index is -0.756. The van der Waals surface area contributed by atoms with Gasteiger partial charge in [0.2, 0.25) is 0 Å². The standard InChI is InChI=1S/C26H32Cl2FN7O2/c1-6-21(22-17(27)7-8-18(29)23(22)28)38-36-20-10-9-19(32-24(20)33-25(36)37)16-13-31-35(14-16)26(2,3)15-30-11-12-34(4)5/h7-10,13-14,21,30H,6,11-12,15H2,1-5H3,(H,32,33,37). The summed E-state index contributed by atoms with van der Waals surface area (Å²) in [4.78, 5) is 28.3. The summed E-state index contributed by atoms with van der Waals surface area (Å²) >= 11 is 12.5. The summed E-state index contributed by atoms with van der Waals surface area (Å²) in [5.74, 6) is -0.612. The number of aromatic nitrogens is 5. The normalized spacial score (nSPS) is 13.0. The van der Waals surface area contributed by atoms with Crippen molar-refractivity contribution in [1.82, 2.24) is 34.7 Å². The number of benzene rings is 1. The first kappa shape index (κ1) is 28.1. The van der Waals surface area contributed by atoms with Crippen LogP contribution in [-0.2, 0) is 5.54 Å². The number of hydrogen-bond donors (Lipinski definition) is 2. The van der Waals surface area contributed by atoms with Crippen molar-refractivity contribution in [3.05, 3.63) is 68.6 Å². The lowest BCUT2D eigenvalue weighted by Gasteiger charge is -2.26. The van der Waals surface area contributed by atoms with Crippen LogP contribution in [0.5, 0.6) is 0 Å². The van der Waals surface area contributed by atoms with Crippen molar-refractivity contribution in [3.8, 4) is 11.3 Å².